The molecule has 118 valence electrons. The van der Waals surface area contributed by atoms with Crippen molar-refractivity contribution in [3.8, 4) is 0 Å². The summed E-state index contributed by atoms with van der Waals surface area (Å²) in [4.78, 5) is 12.1. The number of carbonyl (C=O) groups excluding carboxylic acids is 1. The van der Waals surface area contributed by atoms with E-state index in [0.29, 0.717) is 12.4 Å². The van der Waals surface area contributed by atoms with Gasteiger partial charge in [0, 0.05) is 25.5 Å². The molecule has 0 atom stereocenters. The van der Waals surface area contributed by atoms with Crippen molar-refractivity contribution < 1.29 is 9.18 Å². The molecule has 23 heavy (non-hydrogen) atoms. The monoisotopic (exact) mass is 333 g/mol. The van der Waals surface area contributed by atoms with E-state index in [0.717, 1.165) is 5.56 Å². The zero-order chi connectivity index (χ0) is 16.4. The fourth-order valence-corrected chi connectivity index (χ4v) is 2.39. The second-order valence-electron chi connectivity index (χ2n) is 4.98. The number of halogens is 2. The highest BCUT2D eigenvalue weighted by Gasteiger charge is 2.15. The lowest BCUT2D eigenvalue weighted by molar-refractivity contribution is 0.102. The summed E-state index contributed by atoms with van der Waals surface area (Å²) in [7, 11) is 1.68. The van der Waals surface area contributed by atoms with Crippen LogP contribution in [0.3, 0.4) is 0 Å². The average molecular weight is 334 g/mol. The molecule has 1 amide bonds. The number of nitrogens with zero attached hydrogens (tertiary/aromatic N) is 4. The van der Waals surface area contributed by atoms with Gasteiger partial charge >= 0.3 is 0 Å². The third kappa shape index (κ3) is 3.57. The molecule has 0 fully saturated rings. The van der Waals surface area contributed by atoms with Crippen molar-refractivity contribution in [3.63, 3.8) is 0 Å². The van der Waals surface area contributed by atoms with E-state index in [1.54, 1.807) is 42.3 Å². The van der Waals surface area contributed by atoms with Crippen LogP contribution in [0.15, 0.2) is 42.7 Å². The number of benzene rings is 1. The van der Waals surface area contributed by atoms with Crippen molar-refractivity contribution >= 4 is 23.3 Å². The number of aromatic nitrogens is 4. The lowest BCUT2D eigenvalue weighted by Crippen LogP contribution is -2.14. The molecule has 0 saturated carbocycles. The predicted molar refractivity (Wildman–Crippen MR) is 83.9 cm³/mol. The third-order valence-electron chi connectivity index (χ3n) is 3.12. The van der Waals surface area contributed by atoms with Crippen molar-refractivity contribution in [2.75, 3.05) is 5.32 Å². The molecule has 0 radical (unpaired) electrons. The van der Waals surface area contributed by atoms with Crippen molar-refractivity contribution in [3.05, 3.63) is 64.8 Å². The minimum absolute atomic E-state index is 0.133. The third-order valence-corrected chi connectivity index (χ3v) is 3.39. The molecule has 0 spiro atoms. The standard InChI is InChI=1S/C15H13ClFN5O/c1-21-9-12(16)14(20-21)15(23)18-13-5-6-22(19-13)8-10-3-2-4-11(17)7-10/h2-7,9H,8H2,1H3,(H,18,19,23). The Kier molecular flexibility index (Phi) is 4.12. The maximum atomic E-state index is 13.2. The van der Waals surface area contributed by atoms with Crippen LogP contribution in [0.5, 0.6) is 0 Å². The maximum absolute atomic E-state index is 13.2. The molecule has 1 aromatic carbocycles. The molecular weight excluding hydrogens is 321 g/mol. The molecule has 2 heterocycles. The second-order valence-corrected chi connectivity index (χ2v) is 5.39. The van der Waals surface area contributed by atoms with Crippen LogP contribution in [0.1, 0.15) is 16.1 Å². The summed E-state index contributed by atoms with van der Waals surface area (Å²) in [6, 6.07) is 7.91. The number of rotatable bonds is 4. The van der Waals surface area contributed by atoms with Crippen molar-refractivity contribution in [1.82, 2.24) is 19.6 Å². The highest BCUT2D eigenvalue weighted by molar-refractivity contribution is 6.34. The fraction of sp³-hybridized carbons (Fsp3) is 0.133. The van der Waals surface area contributed by atoms with E-state index in [2.05, 4.69) is 15.5 Å². The molecule has 0 saturated heterocycles. The normalized spacial score (nSPS) is 10.7. The number of amides is 1. The van der Waals surface area contributed by atoms with Crippen LogP contribution in [-0.4, -0.2) is 25.5 Å². The number of hydrogen-bond acceptors (Lipinski definition) is 3. The van der Waals surface area contributed by atoms with Gasteiger partial charge in [0.15, 0.2) is 11.5 Å². The van der Waals surface area contributed by atoms with Crippen molar-refractivity contribution in [2.24, 2.45) is 7.05 Å². The Bertz CT molecular complexity index is 857. The largest absolute Gasteiger partial charge is 0.304 e. The summed E-state index contributed by atoms with van der Waals surface area (Å²) < 4.78 is 16.2. The number of hydrogen-bond donors (Lipinski definition) is 1. The SMILES string of the molecule is Cn1cc(Cl)c(C(=O)Nc2ccn(Cc3cccc(F)c3)n2)n1. The number of carbonyl (C=O) groups is 1. The first-order chi connectivity index (χ1) is 11.0. The summed E-state index contributed by atoms with van der Waals surface area (Å²) >= 11 is 5.93. The lowest BCUT2D eigenvalue weighted by Gasteiger charge is -2.02. The first-order valence-electron chi connectivity index (χ1n) is 6.79. The molecule has 0 aliphatic carbocycles. The summed E-state index contributed by atoms with van der Waals surface area (Å²) in [5.41, 5.74) is 0.910. The smallest absolute Gasteiger partial charge is 0.278 e. The molecule has 0 bridgehead atoms. The topological polar surface area (TPSA) is 64.7 Å². The predicted octanol–water partition coefficient (Wildman–Crippen LogP) is 2.71. The minimum Gasteiger partial charge on any atom is -0.304 e. The second kappa shape index (κ2) is 6.21. The van der Waals surface area contributed by atoms with Crippen LogP contribution in [0.25, 0.3) is 0 Å². The van der Waals surface area contributed by atoms with E-state index in [4.69, 9.17) is 11.6 Å². The van der Waals surface area contributed by atoms with Crippen LogP contribution >= 0.6 is 11.6 Å². The molecule has 3 rings (SSSR count). The molecular formula is C15H13ClFN5O. The highest BCUT2D eigenvalue weighted by Crippen LogP contribution is 2.15. The first kappa shape index (κ1) is 15.2. The van der Waals surface area contributed by atoms with Gasteiger partial charge in [-0.25, -0.2) is 4.39 Å². The summed E-state index contributed by atoms with van der Waals surface area (Å²) in [6.07, 6.45) is 3.24. The Labute approximate surface area is 136 Å². The minimum atomic E-state index is -0.438. The first-order valence-corrected chi connectivity index (χ1v) is 7.17. The van der Waals surface area contributed by atoms with Gasteiger partial charge in [-0.15, -0.1) is 0 Å². The molecule has 2 aromatic heterocycles. The summed E-state index contributed by atoms with van der Waals surface area (Å²) in [5, 5.41) is 11.1. The van der Waals surface area contributed by atoms with E-state index < -0.39 is 5.91 Å². The number of anilines is 1. The zero-order valence-electron chi connectivity index (χ0n) is 12.2. The van der Waals surface area contributed by atoms with Gasteiger partial charge in [0.05, 0.1) is 11.6 Å². The van der Waals surface area contributed by atoms with Crippen LogP contribution in [-0.2, 0) is 13.6 Å². The number of aryl methyl sites for hydroxylation is 1. The summed E-state index contributed by atoms with van der Waals surface area (Å²) in [6.45, 7) is 0.401. The van der Waals surface area contributed by atoms with E-state index >= 15 is 0 Å². The van der Waals surface area contributed by atoms with Crippen molar-refractivity contribution in [2.45, 2.75) is 6.54 Å². The molecule has 0 unspecified atom stereocenters. The molecule has 0 aliphatic heterocycles. The fourth-order valence-electron chi connectivity index (χ4n) is 2.13. The van der Waals surface area contributed by atoms with Crippen LogP contribution in [0, 0.1) is 5.82 Å². The molecule has 6 nitrogen and oxygen atoms in total. The van der Waals surface area contributed by atoms with Crippen molar-refractivity contribution in [1.29, 1.82) is 0 Å². The van der Waals surface area contributed by atoms with Crippen LogP contribution < -0.4 is 5.32 Å². The zero-order valence-corrected chi connectivity index (χ0v) is 13.0. The van der Waals surface area contributed by atoms with E-state index in [-0.39, 0.29) is 16.5 Å². The number of nitrogens with one attached hydrogen (secondary N) is 1. The van der Waals surface area contributed by atoms with E-state index in [1.165, 1.54) is 16.8 Å². The molecule has 8 heteroatoms. The molecule has 0 aliphatic rings. The van der Waals surface area contributed by atoms with Gasteiger partial charge in [0.2, 0.25) is 0 Å². The van der Waals surface area contributed by atoms with Gasteiger partial charge in [0.1, 0.15) is 5.82 Å². The molecule has 1 N–H and O–H groups in total. The van der Waals surface area contributed by atoms with Gasteiger partial charge in [-0.05, 0) is 17.7 Å². The van der Waals surface area contributed by atoms with Crippen LogP contribution in [0.4, 0.5) is 10.2 Å². The maximum Gasteiger partial charge on any atom is 0.278 e. The Morgan fingerprint density at radius 2 is 2.17 bits per heavy atom. The van der Waals surface area contributed by atoms with E-state index in [1.807, 2.05) is 0 Å². The molecule has 3 aromatic rings. The van der Waals surface area contributed by atoms with E-state index in [9.17, 15) is 9.18 Å². The Balaban J connectivity index is 1.70. The van der Waals surface area contributed by atoms with Gasteiger partial charge in [0.25, 0.3) is 5.91 Å². The van der Waals surface area contributed by atoms with Gasteiger partial charge in [-0.1, -0.05) is 23.7 Å². The van der Waals surface area contributed by atoms with Crippen LogP contribution in [0.2, 0.25) is 5.02 Å². The van der Waals surface area contributed by atoms with Gasteiger partial charge < -0.3 is 5.32 Å². The van der Waals surface area contributed by atoms with Gasteiger partial charge in [-0.3, -0.25) is 14.2 Å². The summed E-state index contributed by atoms with van der Waals surface area (Å²) in [5.74, 6) is -0.368. The Morgan fingerprint density at radius 3 is 2.87 bits per heavy atom. The average Bonchev–Trinajstić information content (AvgIpc) is 3.05. The lowest BCUT2D eigenvalue weighted by atomic mass is 10.2. The quantitative estimate of drug-likeness (QED) is 0.798. The van der Waals surface area contributed by atoms with Gasteiger partial charge in [-0.2, -0.15) is 10.2 Å². The Hall–Kier alpha value is -2.67. The Morgan fingerprint density at radius 1 is 1.35 bits per heavy atom. The highest BCUT2D eigenvalue weighted by atomic mass is 35.5.